The molecule has 0 radical (unpaired) electrons. The SMILES string of the molecule is Cc1cc(F)cc(C(=O)N2C[C@@H]3CN(CCn4cnnc4)C[C@@H]3[C@H]2c2ccccc2)c1. The van der Waals surface area contributed by atoms with Crippen LogP contribution in [0.3, 0.4) is 0 Å². The highest BCUT2D eigenvalue weighted by Crippen LogP contribution is 2.45. The van der Waals surface area contributed by atoms with Gasteiger partial charge in [-0.25, -0.2) is 4.39 Å². The molecule has 0 aliphatic carbocycles. The van der Waals surface area contributed by atoms with Gasteiger partial charge in [-0.05, 0) is 42.2 Å². The molecule has 0 spiro atoms. The van der Waals surface area contributed by atoms with E-state index in [2.05, 4.69) is 27.2 Å². The molecule has 3 aromatic rings. The minimum absolute atomic E-state index is 0.00202. The predicted octanol–water partition coefficient (Wildman–Crippen LogP) is 3.17. The summed E-state index contributed by atoms with van der Waals surface area (Å²) in [7, 11) is 0. The van der Waals surface area contributed by atoms with E-state index in [-0.39, 0.29) is 17.8 Å². The van der Waals surface area contributed by atoms with Crippen LogP contribution in [0.4, 0.5) is 4.39 Å². The van der Waals surface area contributed by atoms with Gasteiger partial charge in [0.2, 0.25) is 0 Å². The lowest BCUT2D eigenvalue weighted by Gasteiger charge is -2.30. The molecule has 160 valence electrons. The monoisotopic (exact) mass is 419 g/mol. The van der Waals surface area contributed by atoms with E-state index in [9.17, 15) is 9.18 Å². The Morgan fingerprint density at radius 3 is 2.55 bits per heavy atom. The first kappa shape index (κ1) is 19.9. The maximum Gasteiger partial charge on any atom is 0.254 e. The zero-order valence-corrected chi connectivity index (χ0v) is 17.6. The highest BCUT2D eigenvalue weighted by atomic mass is 19.1. The number of benzene rings is 2. The lowest BCUT2D eigenvalue weighted by molar-refractivity contribution is 0.0700. The van der Waals surface area contributed by atoms with E-state index >= 15 is 0 Å². The molecule has 2 aliphatic heterocycles. The number of nitrogens with zero attached hydrogens (tertiary/aromatic N) is 5. The summed E-state index contributed by atoms with van der Waals surface area (Å²) in [5.74, 6) is 0.327. The number of amides is 1. The lowest BCUT2D eigenvalue weighted by atomic mass is 9.89. The van der Waals surface area contributed by atoms with Crippen LogP contribution < -0.4 is 0 Å². The van der Waals surface area contributed by atoms with Crippen molar-refractivity contribution in [2.45, 2.75) is 19.5 Å². The number of fused-ring (bicyclic) bond motifs is 1. The molecule has 1 aromatic heterocycles. The van der Waals surface area contributed by atoms with Gasteiger partial charge < -0.3 is 14.4 Å². The van der Waals surface area contributed by atoms with Crippen LogP contribution >= 0.6 is 0 Å². The largest absolute Gasteiger partial charge is 0.331 e. The van der Waals surface area contributed by atoms with Crippen molar-refractivity contribution >= 4 is 5.91 Å². The molecule has 2 saturated heterocycles. The average molecular weight is 420 g/mol. The number of hydrogen-bond acceptors (Lipinski definition) is 4. The molecule has 2 aliphatic rings. The Kier molecular flexibility index (Phi) is 5.28. The summed E-state index contributed by atoms with van der Waals surface area (Å²) in [6.07, 6.45) is 3.48. The third kappa shape index (κ3) is 3.97. The van der Waals surface area contributed by atoms with Gasteiger partial charge in [-0.3, -0.25) is 4.79 Å². The molecular formula is C24H26FN5O. The Bertz CT molecular complexity index is 1030. The van der Waals surface area contributed by atoms with E-state index in [0.717, 1.165) is 37.3 Å². The third-order valence-corrected chi connectivity index (χ3v) is 6.57. The quantitative estimate of drug-likeness (QED) is 0.638. The molecule has 3 heterocycles. The smallest absolute Gasteiger partial charge is 0.254 e. The van der Waals surface area contributed by atoms with Crippen molar-refractivity contribution in [1.29, 1.82) is 0 Å². The van der Waals surface area contributed by atoms with Gasteiger partial charge in [-0.2, -0.15) is 0 Å². The molecule has 31 heavy (non-hydrogen) atoms. The summed E-state index contributed by atoms with van der Waals surface area (Å²) < 4.78 is 16.0. The van der Waals surface area contributed by atoms with Gasteiger partial charge in [0.1, 0.15) is 18.5 Å². The molecule has 6 nitrogen and oxygen atoms in total. The molecule has 0 bridgehead atoms. The summed E-state index contributed by atoms with van der Waals surface area (Å²) in [6.45, 7) is 6.21. The summed E-state index contributed by atoms with van der Waals surface area (Å²) >= 11 is 0. The molecule has 0 N–H and O–H groups in total. The minimum atomic E-state index is -0.362. The summed E-state index contributed by atoms with van der Waals surface area (Å²) in [4.78, 5) is 17.9. The number of rotatable bonds is 5. The fourth-order valence-electron chi connectivity index (χ4n) is 5.23. The van der Waals surface area contributed by atoms with Crippen LogP contribution in [-0.4, -0.2) is 56.7 Å². The second-order valence-electron chi connectivity index (χ2n) is 8.71. The van der Waals surface area contributed by atoms with Crippen LogP contribution in [-0.2, 0) is 6.54 Å². The number of likely N-dealkylation sites (tertiary alicyclic amines) is 2. The van der Waals surface area contributed by atoms with Crippen molar-refractivity contribution in [3.8, 4) is 0 Å². The maximum absolute atomic E-state index is 14.0. The maximum atomic E-state index is 14.0. The zero-order chi connectivity index (χ0) is 21.4. The first-order valence-corrected chi connectivity index (χ1v) is 10.8. The van der Waals surface area contributed by atoms with Gasteiger partial charge in [-0.15, -0.1) is 10.2 Å². The van der Waals surface area contributed by atoms with Gasteiger partial charge in [-0.1, -0.05) is 30.3 Å². The molecule has 5 rings (SSSR count). The van der Waals surface area contributed by atoms with Crippen LogP contribution in [0, 0.1) is 24.6 Å². The van der Waals surface area contributed by atoms with Crippen molar-refractivity contribution in [2.24, 2.45) is 11.8 Å². The number of aryl methyl sites for hydroxylation is 1. The number of hydrogen-bond donors (Lipinski definition) is 0. The number of carbonyl (C=O) groups excluding carboxylic acids is 1. The fraction of sp³-hybridized carbons (Fsp3) is 0.375. The first-order valence-electron chi connectivity index (χ1n) is 10.8. The van der Waals surface area contributed by atoms with Crippen molar-refractivity contribution < 1.29 is 9.18 Å². The van der Waals surface area contributed by atoms with E-state index in [1.165, 1.54) is 12.1 Å². The van der Waals surface area contributed by atoms with Crippen molar-refractivity contribution in [3.05, 3.63) is 83.7 Å². The van der Waals surface area contributed by atoms with Gasteiger partial charge >= 0.3 is 0 Å². The fourth-order valence-corrected chi connectivity index (χ4v) is 5.23. The highest BCUT2D eigenvalue weighted by Gasteiger charge is 2.49. The van der Waals surface area contributed by atoms with E-state index in [0.29, 0.717) is 23.9 Å². The Morgan fingerprint density at radius 2 is 1.81 bits per heavy atom. The molecule has 3 atom stereocenters. The standard InChI is InChI=1S/C24H26FN5O/c1-17-9-19(11-21(25)10-17)24(31)30-13-20-12-28(7-8-29-15-26-27-16-29)14-22(20)23(30)18-5-3-2-4-6-18/h2-6,9-11,15-16,20,22-23H,7-8,12-14H2,1H3/t20-,22-,23+/m0/s1. The van der Waals surface area contributed by atoms with Crippen molar-refractivity contribution in [1.82, 2.24) is 24.6 Å². The summed E-state index contributed by atoms with van der Waals surface area (Å²) in [5, 5.41) is 7.74. The normalized spacial score (nSPS) is 23.3. The Hall–Kier alpha value is -3.06. The number of aromatic nitrogens is 3. The van der Waals surface area contributed by atoms with Gasteiger partial charge in [0.15, 0.2) is 0 Å². The van der Waals surface area contributed by atoms with Crippen LogP contribution in [0.2, 0.25) is 0 Å². The molecule has 0 unspecified atom stereocenters. The number of carbonyl (C=O) groups is 1. The minimum Gasteiger partial charge on any atom is -0.331 e. The number of halogens is 1. The van der Waals surface area contributed by atoms with Crippen LogP contribution in [0.5, 0.6) is 0 Å². The van der Waals surface area contributed by atoms with Gasteiger partial charge in [0.05, 0.1) is 6.04 Å². The second kappa shape index (κ2) is 8.23. The van der Waals surface area contributed by atoms with E-state index < -0.39 is 0 Å². The van der Waals surface area contributed by atoms with E-state index in [4.69, 9.17) is 0 Å². The Balaban J connectivity index is 1.38. The predicted molar refractivity (Wildman–Crippen MR) is 115 cm³/mol. The zero-order valence-electron chi connectivity index (χ0n) is 17.6. The summed E-state index contributed by atoms with van der Waals surface area (Å²) in [5.41, 5.74) is 2.35. The lowest BCUT2D eigenvalue weighted by Crippen LogP contribution is -2.36. The van der Waals surface area contributed by atoms with Gasteiger partial charge in [0.25, 0.3) is 5.91 Å². The van der Waals surface area contributed by atoms with Crippen LogP contribution in [0.15, 0.2) is 61.2 Å². The Morgan fingerprint density at radius 1 is 1.03 bits per heavy atom. The topological polar surface area (TPSA) is 54.3 Å². The van der Waals surface area contributed by atoms with Crippen molar-refractivity contribution in [2.75, 3.05) is 26.2 Å². The summed E-state index contributed by atoms with van der Waals surface area (Å²) in [6, 6.07) is 14.8. The molecule has 1 amide bonds. The van der Waals surface area contributed by atoms with Gasteiger partial charge in [0, 0.05) is 44.2 Å². The van der Waals surface area contributed by atoms with Crippen LogP contribution in [0.1, 0.15) is 27.5 Å². The second-order valence-corrected chi connectivity index (χ2v) is 8.71. The van der Waals surface area contributed by atoms with E-state index in [1.807, 2.05) is 34.6 Å². The average Bonchev–Trinajstić information content (AvgIpc) is 3.47. The molecule has 0 saturated carbocycles. The first-order chi connectivity index (χ1) is 15.1. The van der Waals surface area contributed by atoms with E-state index in [1.54, 1.807) is 18.7 Å². The van der Waals surface area contributed by atoms with Crippen LogP contribution in [0.25, 0.3) is 0 Å². The molecule has 2 aromatic carbocycles. The third-order valence-electron chi connectivity index (χ3n) is 6.57. The molecule has 7 heteroatoms. The highest BCUT2D eigenvalue weighted by molar-refractivity contribution is 5.95. The molecular weight excluding hydrogens is 393 g/mol. The Labute approximate surface area is 181 Å². The molecule has 2 fully saturated rings. The van der Waals surface area contributed by atoms with Crippen molar-refractivity contribution in [3.63, 3.8) is 0 Å².